The Bertz CT molecular complexity index is 439. The summed E-state index contributed by atoms with van der Waals surface area (Å²) in [7, 11) is 0. The fraction of sp³-hybridized carbons (Fsp3) is 0.462. The first kappa shape index (κ1) is 11.5. The molecule has 1 unspecified atom stereocenters. The number of hydrogen-bond donors (Lipinski definition) is 0. The Hall–Kier alpha value is -1.62. The van der Waals surface area contributed by atoms with Gasteiger partial charge in [0.1, 0.15) is 12.7 Å². The number of fused-ring (bicyclic) bond motifs is 1. The molecule has 1 aliphatic carbocycles. The maximum Gasteiger partial charge on any atom is 0.410 e. The summed E-state index contributed by atoms with van der Waals surface area (Å²) >= 11 is 0. The summed E-state index contributed by atoms with van der Waals surface area (Å²) in [6.45, 7) is 0.989. The average Bonchev–Trinajstić information content (AvgIpc) is 3.09. The molecular formula is C13H14FNO3. The average molecular weight is 251 g/mol. The van der Waals surface area contributed by atoms with Crippen LogP contribution in [0.3, 0.4) is 0 Å². The maximum absolute atomic E-state index is 13.3. The van der Waals surface area contributed by atoms with Crippen molar-refractivity contribution in [2.75, 3.05) is 13.2 Å². The molecule has 1 aromatic carbocycles. The van der Waals surface area contributed by atoms with E-state index in [0.717, 1.165) is 5.56 Å². The Morgan fingerprint density at radius 1 is 1.44 bits per heavy atom. The molecule has 5 heteroatoms. The molecule has 1 aromatic rings. The number of ether oxygens (including phenoxy) is 2. The van der Waals surface area contributed by atoms with Gasteiger partial charge in [0.25, 0.3) is 0 Å². The minimum atomic E-state index is -1.06. The van der Waals surface area contributed by atoms with Crippen molar-refractivity contribution in [1.82, 2.24) is 4.90 Å². The first-order valence-corrected chi connectivity index (χ1v) is 6.00. The molecule has 2 aliphatic rings. The van der Waals surface area contributed by atoms with Gasteiger partial charge in [-0.15, -0.1) is 0 Å². The standard InChI is InChI=1S/C13H14FNO3/c14-10-11-12(10)17-7-6-15(11)13(16)18-8-9-4-2-1-3-5-9/h1-5,10-12H,6-8H2/t10-,11?,12+/m1/s1. The molecule has 0 N–H and O–H groups in total. The van der Waals surface area contributed by atoms with Crippen LogP contribution in [-0.4, -0.2) is 42.5 Å². The van der Waals surface area contributed by atoms with Crippen LogP contribution < -0.4 is 0 Å². The normalized spacial score (nSPS) is 29.6. The highest BCUT2D eigenvalue weighted by molar-refractivity contribution is 5.69. The van der Waals surface area contributed by atoms with Gasteiger partial charge in [-0.2, -0.15) is 0 Å². The zero-order valence-corrected chi connectivity index (χ0v) is 9.79. The number of rotatable bonds is 2. The zero-order chi connectivity index (χ0) is 12.5. The Kier molecular flexibility index (Phi) is 2.91. The van der Waals surface area contributed by atoms with Crippen molar-refractivity contribution >= 4 is 6.09 Å². The van der Waals surface area contributed by atoms with E-state index in [2.05, 4.69) is 0 Å². The van der Waals surface area contributed by atoms with E-state index in [4.69, 9.17) is 9.47 Å². The minimum absolute atomic E-state index is 0.214. The van der Waals surface area contributed by atoms with Gasteiger partial charge in [-0.3, -0.25) is 4.90 Å². The Morgan fingerprint density at radius 2 is 2.22 bits per heavy atom. The largest absolute Gasteiger partial charge is 0.445 e. The highest BCUT2D eigenvalue weighted by Crippen LogP contribution is 2.38. The fourth-order valence-corrected chi connectivity index (χ4v) is 2.23. The third kappa shape index (κ3) is 2.06. The molecule has 1 saturated heterocycles. The summed E-state index contributed by atoms with van der Waals surface area (Å²) in [5.41, 5.74) is 0.920. The highest BCUT2D eigenvalue weighted by atomic mass is 19.1. The number of nitrogens with zero attached hydrogens (tertiary/aromatic N) is 1. The predicted octanol–water partition coefficient (Wildman–Crippen LogP) is 1.74. The first-order valence-electron chi connectivity index (χ1n) is 6.00. The van der Waals surface area contributed by atoms with Crippen molar-refractivity contribution in [2.24, 2.45) is 0 Å². The lowest BCUT2D eigenvalue weighted by Gasteiger charge is -2.25. The number of carbonyl (C=O) groups is 1. The smallest absolute Gasteiger partial charge is 0.410 e. The lowest BCUT2D eigenvalue weighted by atomic mass is 10.2. The van der Waals surface area contributed by atoms with Crippen LogP contribution in [0.5, 0.6) is 0 Å². The number of amides is 1. The van der Waals surface area contributed by atoms with E-state index >= 15 is 0 Å². The van der Waals surface area contributed by atoms with Crippen LogP contribution in [0.25, 0.3) is 0 Å². The molecule has 0 radical (unpaired) electrons. The van der Waals surface area contributed by atoms with E-state index in [1.165, 1.54) is 4.90 Å². The molecule has 0 aromatic heterocycles. The van der Waals surface area contributed by atoms with Gasteiger partial charge in [-0.1, -0.05) is 30.3 Å². The first-order chi connectivity index (χ1) is 8.77. The fourth-order valence-electron chi connectivity index (χ4n) is 2.23. The second kappa shape index (κ2) is 4.57. The van der Waals surface area contributed by atoms with Gasteiger partial charge in [0, 0.05) is 6.54 Å². The van der Waals surface area contributed by atoms with Gasteiger partial charge >= 0.3 is 6.09 Å². The van der Waals surface area contributed by atoms with Crippen molar-refractivity contribution in [3.8, 4) is 0 Å². The highest BCUT2D eigenvalue weighted by Gasteiger charge is 2.60. The van der Waals surface area contributed by atoms with Crippen LogP contribution in [0.15, 0.2) is 30.3 Å². The van der Waals surface area contributed by atoms with Gasteiger partial charge < -0.3 is 9.47 Å². The van der Waals surface area contributed by atoms with Crippen LogP contribution in [0.2, 0.25) is 0 Å². The number of halogens is 1. The topological polar surface area (TPSA) is 38.8 Å². The number of carbonyl (C=O) groups excluding carboxylic acids is 1. The van der Waals surface area contributed by atoms with Crippen molar-refractivity contribution in [3.63, 3.8) is 0 Å². The second-order valence-corrected chi connectivity index (χ2v) is 4.50. The van der Waals surface area contributed by atoms with Crippen LogP contribution in [-0.2, 0) is 16.1 Å². The number of alkyl halides is 1. The predicted molar refractivity (Wildman–Crippen MR) is 61.8 cm³/mol. The van der Waals surface area contributed by atoms with E-state index in [1.54, 1.807) is 0 Å². The van der Waals surface area contributed by atoms with E-state index < -0.39 is 24.4 Å². The van der Waals surface area contributed by atoms with Crippen LogP contribution in [0.1, 0.15) is 5.56 Å². The second-order valence-electron chi connectivity index (χ2n) is 4.50. The van der Waals surface area contributed by atoms with Gasteiger partial charge in [0.05, 0.1) is 12.6 Å². The summed E-state index contributed by atoms with van der Waals surface area (Å²) in [5.74, 6) is 0. The Labute approximate surface area is 104 Å². The lowest BCUT2D eigenvalue weighted by molar-refractivity contribution is 0.0198. The molecule has 1 amide bonds. The summed E-state index contributed by atoms with van der Waals surface area (Å²) in [4.78, 5) is 13.3. The monoisotopic (exact) mass is 251 g/mol. The molecule has 3 atom stereocenters. The number of benzene rings is 1. The third-order valence-electron chi connectivity index (χ3n) is 3.28. The van der Waals surface area contributed by atoms with Gasteiger partial charge in [-0.25, -0.2) is 9.18 Å². The molecule has 3 rings (SSSR count). The van der Waals surface area contributed by atoms with E-state index in [9.17, 15) is 9.18 Å². The van der Waals surface area contributed by atoms with E-state index in [0.29, 0.717) is 13.2 Å². The van der Waals surface area contributed by atoms with Crippen molar-refractivity contribution in [1.29, 1.82) is 0 Å². The molecule has 0 bridgehead atoms. The Balaban J connectivity index is 1.56. The summed E-state index contributed by atoms with van der Waals surface area (Å²) < 4.78 is 23.6. The number of morpholine rings is 1. The lowest BCUT2D eigenvalue weighted by Crippen LogP contribution is -2.41. The molecular weight excluding hydrogens is 237 g/mol. The summed E-state index contributed by atoms with van der Waals surface area (Å²) in [5, 5.41) is 0. The van der Waals surface area contributed by atoms with Crippen molar-refractivity contribution in [2.45, 2.75) is 24.9 Å². The van der Waals surface area contributed by atoms with Crippen LogP contribution in [0, 0.1) is 0 Å². The molecule has 96 valence electrons. The van der Waals surface area contributed by atoms with Crippen LogP contribution in [0.4, 0.5) is 9.18 Å². The van der Waals surface area contributed by atoms with E-state index in [-0.39, 0.29) is 6.61 Å². The molecule has 1 saturated carbocycles. The molecule has 4 nitrogen and oxygen atoms in total. The quantitative estimate of drug-likeness (QED) is 0.803. The molecule has 0 spiro atoms. The maximum atomic E-state index is 13.3. The number of hydrogen-bond acceptors (Lipinski definition) is 3. The van der Waals surface area contributed by atoms with Gasteiger partial charge in [-0.05, 0) is 5.56 Å². The molecule has 2 fully saturated rings. The summed E-state index contributed by atoms with van der Waals surface area (Å²) in [6.07, 6.45) is -1.96. The summed E-state index contributed by atoms with van der Waals surface area (Å²) in [6, 6.07) is 8.98. The minimum Gasteiger partial charge on any atom is -0.445 e. The third-order valence-corrected chi connectivity index (χ3v) is 3.28. The SMILES string of the molecule is O=C(OCc1ccccc1)N1CCO[C@@H]2C1[C@H]2F. The molecule has 1 aliphatic heterocycles. The van der Waals surface area contributed by atoms with Gasteiger partial charge in [0.2, 0.25) is 0 Å². The zero-order valence-electron chi connectivity index (χ0n) is 9.79. The molecule has 18 heavy (non-hydrogen) atoms. The molecule has 1 heterocycles. The van der Waals surface area contributed by atoms with Crippen LogP contribution >= 0.6 is 0 Å². The van der Waals surface area contributed by atoms with Crippen molar-refractivity contribution < 1.29 is 18.7 Å². The van der Waals surface area contributed by atoms with Gasteiger partial charge in [0.15, 0.2) is 6.17 Å². The van der Waals surface area contributed by atoms with Crippen molar-refractivity contribution in [3.05, 3.63) is 35.9 Å². The Morgan fingerprint density at radius 3 is 3.00 bits per heavy atom. The van der Waals surface area contributed by atoms with E-state index in [1.807, 2.05) is 30.3 Å².